The van der Waals surface area contributed by atoms with E-state index in [1.165, 1.54) is 29.6 Å². The first-order valence-electron chi connectivity index (χ1n) is 6.79. The monoisotopic (exact) mass is 332 g/mol. The molecule has 0 N–H and O–H groups in total. The third-order valence-corrected chi connectivity index (χ3v) is 3.95. The zero-order valence-electron chi connectivity index (χ0n) is 12.5. The summed E-state index contributed by atoms with van der Waals surface area (Å²) in [5, 5.41) is 0.540. The molecule has 2 aromatic heterocycles. The Labute approximate surface area is 135 Å². The fourth-order valence-electron chi connectivity index (χ4n) is 2.40. The summed E-state index contributed by atoms with van der Waals surface area (Å²) in [7, 11) is 2.92. The molecule has 7 nitrogen and oxygen atoms in total. The van der Waals surface area contributed by atoms with Crippen LogP contribution in [0.25, 0.3) is 11.2 Å². The van der Waals surface area contributed by atoms with Crippen LogP contribution in [-0.2, 0) is 20.6 Å². The van der Waals surface area contributed by atoms with Crippen LogP contribution in [0.3, 0.4) is 0 Å². The Hall–Kier alpha value is -2.67. The molecule has 23 heavy (non-hydrogen) atoms. The minimum atomic E-state index is -0.482. The van der Waals surface area contributed by atoms with Gasteiger partial charge in [-0.05, 0) is 24.3 Å². The van der Waals surface area contributed by atoms with Gasteiger partial charge in [-0.3, -0.25) is 18.7 Å². The lowest BCUT2D eigenvalue weighted by atomic mass is 10.1. The number of benzene rings is 1. The van der Waals surface area contributed by atoms with Gasteiger partial charge in [0.2, 0.25) is 0 Å². The van der Waals surface area contributed by atoms with Crippen LogP contribution < -0.4 is 11.2 Å². The fraction of sp³-hybridized carbons (Fsp3) is 0.200. The maximum atomic E-state index is 12.3. The molecule has 0 bridgehead atoms. The van der Waals surface area contributed by atoms with E-state index in [1.54, 1.807) is 24.3 Å². The Balaban J connectivity index is 2.08. The predicted octanol–water partition coefficient (Wildman–Crippen LogP) is 0.970. The summed E-state index contributed by atoms with van der Waals surface area (Å²) in [6, 6.07) is 6.50. The van der Waals surface area contributed by atoms with Crippen molar-refractivity contribution in [1.82, 2.24) is 18.7 Å². The van der Waals surface area contributed by atoms with Crippen LogP contribution in [0, 0.1) is 0 Å². The maximum absolute atomic E-state index is 12.3. The molecule has 0 aliphatic carbocycles. The van der Waals surface area contributed by atoms with Crippen LogP contribution in [-0.4, -0.2) is 24.5 Å². The highest BCUT2D eigenvalue weighted by atomic mass is 35.5. The molecular weight excluding hydrogens is 320 g/mol. The smallest absolute Gasteiger partial charge is 0.317 e. The van der Waals surface area contributed by atoms with Gasteiger partial charge in [0.05, 0.1) is 12.9 Å². The Morgan fingerprint density at radius 1 is 1.13 bits per heavy atom. The minimum absolute atomic E-state index is 0.0500. The number of halogens is 1. The van der Waals surface area contributed by atoms with E-state index in [1.807, 2.05) is 0 Å². The molecule has 3 aromatic rings. The number of Topliss-reactive ketones (excluding diaryl/α,β-unsaturated/α-hetero) is 1. The van der Waals surface area contributed by atoms with E-state index in [-0.39, 0.29) is 23.5 Å². The summed E-state index contributed by atoms with van der Waals surface area (Å²) < 4.78 is 3.72. The molecule has 8 heteroatoms. The van der Waals surface area contributed by atoms with Crippen LogP contribution in [0.4, 0.5) is 0 Å². The van der Waals surface area contributed by atoms with Crippen molar-refractivity contribution in [2.45, 2.75) is 6.54 Å². The lowest BCUT2D eigenvalue weighted by Gasteiger charge is -2.06. The van der Waals surface area contributed by atoms with Crippen molar-refractivity contribution in [2.75, 3.05) is 0 Å². The topological polar surface area (TPSA) is 78.9 Å². The lowest BCUT2D eigenvalue weighted by molar-refractivity contribution is 0.0973. The minimum Gasteiger partial charge on any atom is -0.317 e. The third-order valence-electron chi connectivity index (χ3n) is 3.70. The van der Waals surface area contributed by atoms with Gasteiger partial charge in [-0.1, -0.05) is 11.6 Å². The first-order valence-corrected chi connectivity index (χ1v) is 7.17. The van der Waals surface area contributed by atoms with E-state index in [0.717, 1.165) is 4.57 Å². The van der Waals surface area contributed by atoms with Gasteiger partial charge < -0.3 is 4.57 Å². The molecular formula is C15H13ClN4O3. The largest absolute Gasteiger partial charge is 0.332 e. The Kier molecular flexibility index (Phi) is 3.65. The van der Waals surface area contributed by atoms with E-state index in [9.17, 15) is 14.4 Å². The Morgan fingerprint density at radius 3 is 2.43 bits per heavy atom. The van der Waals surface area contributed by atoms with Crippen LogP contribution in [0.5, 0.6) is 0 Å². The van der Waals surface area contributed by atoms with Gasteiger partial charge in [0.25, 0.3) is 5.56 Å². The third kappa shape index (κ3) is 2.49. The van der Waals surface area contributed by atoms with Crippen molar-refractivity contribution in [3.63, 3.8) is 0 Å². The SMILES string of the molecule is Cn1c(=O)c2c(ncn2CC(=O)c2ccc(Cl)cc2)n(C)c1=O. The number of rotatable bonds is 3. The molecule has 118 valence electrons. The first kappa shape index (κ1) is 15.2. The Bertz CT molecular complexity index is 1030. The first-order chi connectivity index (χ1) is 10.9. The van der Waals surface area contributed by atoms with Crippen molar-refractivity contribution in [1.29, 1.82) is 0 Å². The van der Waals surface area contributed by atoms with Gasteiger partial charge in [-0.15, -0.1) is 0 Å². The Morgan fingerprint density at radius 2 is 1.78 bits per heavy atom. The second-order valence-corrected chi connectivity index (χ2v) is 5.62. The van der Waals surface area contributed by atoms with Gasteiger partial charge in [0.15, 0.2) is 16.9 Å². The van der Waals surface area contributed by atoms with E-state index >= 15 is 0 Å². The van der Waals surface area contributed by atoms with Crippen molar-refractivity contribution >= 4 is 28.5 Å². The summed E-state index contributed by atoms with van der Waals surface area (Å²) in [6.45, 7) is -0.0500. The van der Waals surface area contributed by atoms with Gasteiger partial charge in [0, 0.05) is 24.7 Å². The molecule has 0 saturated carbocycles. The molecule has 0 aliphatic rings. The molecule has 0 atom stereocenters. The fourth-order valence-corrected chi connectivity index (χ4v) is 2.52. The number of fused-ring (bicyclic) bond motifs is 1. The van der Waals surface area contributed by atoms with Gasteiger partial charge in [-0.2, -0.15) is 0 Å². The molecule has 2 heterocycles. The van der Waals surface area contributed by atoms with Crippen molar-refractivity contribution < 1.29 is 4.79 Å². The highest BCUT2D eigenvalue weighted by Gasteiger charge is 2.16. The molecule has 0 amide bonds. The zero-order valence-corrected chi connectivity index (χ0v) is 13.2. The van der Waals surface area contributed by atoms with Gasteiger partial charge in [0.1, 0.15) is 0 Å². The molecule has 1 aromatic carbocycles. The normalized spacial score (nSPS) is 11.1. The zero-order chi connectivity index (χ0) is 16.7. The molecule has 0 unspecified atom stereocenters. The molecule has 0 radical (unpaired) electrons. The quantitative estimate of drug-likeness (QED) is 0.669. The van der Waals surface area contributed by atoms with Crippen molar-refractivity contribution in [3.05, 3.63) is 62.0 Å². The van der Waals surface area contributed by atoms with Crippen LogP contribution in [0.2, 0.25) is 5.02 Å². The molecule has 0 aliphatic heterocycles. The lowest BCUT2D eigenvalue weighted by Crippen LogP contribution is -2.37. The number of nitrogens with zero attached hydrogens (tertiary/aromatic N) is 4. The van der Waals surface area contributed by atoms with Crippen LogP contribution >= 0.6 is 11.6 Å². The number of carbonyl (C=O) groups is 1. The molecule has 0 fully saturated rings. The van der Waals surface area contributed by atoms with E-state index in [2.05, 4.69) is 4.98 Å². The van der Waals surface area contributed by atoms with E-state index in [0.29, 0.717) is 10.6 Å². The summed E-state index contributed by atoms with van der Waals surface area (Å²) >= 11 is 5.80. The summed E-state index contributed by atoms with van der Waals surface area (Å²) in [4.78, 5) is 40.6. The summed E-state index contributed by atoms with van der Waals surface area (Å²) in [6.07, 6.45) is 1.39. The van der Waals surface area contributed by atoms with E-state index < -0.39 is 11.2 Å². The molecule has 0 saturated heterocycles. The number of aromatic nitrogens is 4. The van der Waals surface area contributed by atoms with E-state index in [4.69, 9.17) is 11.6 Å². The van der Waals surface area contributed by atoms with Gasteiger partial charge >= 0.3 is 5.69 Å². The average molecular weight is 333 g/mol. The molecule has 0 spiro atoms. The van der Waals surface area contributed by atoms with Crippen LogP contribution in [0.15, 0.2) is 40.2 Å². The average Bonchev–Trinajstić information content (AvgIpc) is 2.95. The van der Waals surface area contributed by atoms with Crippen molar-refractivity contribution in [3.8, 4) is 0 Å². The van der Waals surface area contributed by atoms with Gasteiger partial charge in [-0.25, -0.2) is 9.78 Å². The molecule has 3 rings (SSSR count). The summed E-state index contributed by atoms with van der Waals surface area (Å²) in [5.74, 6) is -0.183. The van der Waals surface area contributed by atoms with Crippen LogP contribution in [0.1, 0.15) is 10.4 Å². The number of hydrogen-bond acceptors (Lipinski definition) is 4. The highest BCUT2D eigenvalue weighted by Crippen LogP contribution is 2.12. The second kappa shape index (κ2) is 5.51. The summed E-state index contributed by atoms with van der Waals surface area (Å²) in [5.41, 5.74) is 0.0121. The number of aryl methyl sites for hydroxylation is 1. The van der Waals surface area contributed by atoms with Crippen molar-refractivity contribution in [2.24, 2.45) is 14.1 Å². The standard InChI is InChI=1S/C15H13ClN4O3/c1-18-13-12(14(22)19(2)15(18)23)20(8-17-13)7-11(21)9-3-5-10(16)6-4-9/h3-6,8H,7H2,1-2H3. The predicted molar refractivity (Wildman–Crippen MR) is 86.0 cm³/mol. The maximum Gasteiger partial charge on any atom is 0.332 e. The number of carbonyl (C=O) groups excluding carboxylic acids is 1. The number of hydrogen-bond donors (Lipinski definition) is 0. The highest BCUT2D eigenvalue weighted by molar-refractivity contribution is 6.30. The number of imidazole rings is 1. The number of ketones is 1. The second-order valence-electron chi connectivity index (χ2n) is 5.18.